The van der Waals surface area contributed by atoms with Crippen LogP contribution >= 0.6 is 0 Å². The number of nitrogens with one attached hydrogen (secondary N) is 1. The summed E-state index contributed by atoms with van der Waals surface area (Å²) in [6.07, 6.45) is 0. The Morgan fingerprint density at radius 3 is 2.48 bits per heavy atom. The minimum Gasteiger partial charge on any atom is -0.480 e. The Morgan fingerprint density at radius 1 is 1.43 bits per heavy atom. The van der Waals surface area contributed by atoms with Crippen LogP contribution in [0.4, 0.5) is 0 Å². The molecule has 21 heavy (non-hydrogen) atoms. The van der Waals surface area contributed by atoms with E-state index in [4.69, 9.17) is 5.26 Å². The third-order valence-corrected chi connectivity index (χ3v) is 4.31. The van der Waals surface area contributed by atoms with Crippen molar-refractivity contribution in [2.75, 3.05) is 13.6 Å². The van der Waals surface area contributed by atoms with Gasteiger partial charge < -0.3 is 5.11 Å². The van der Waals surface area contributed by atoms with Crippen molar-refractivity contribution in [3.05, 3.63) is 35.9 Å². The lowest BCUT2D eigenvalue weighted by Crippen LogP contribution is -2.43. The molecule has 7 nitrogen and oxygen atoms in total. The lowest BCUT2D eigenvalue weighted by Gasteiger charge is -2.22. The zero-order valence-electron chi connectivity index (χ0n) is 11.7. The van der Waals surface area contributed by atoms with Gasteiger partial charge in [-0.2, -0.15) is 22.7 Å². The average Bonchev–Trinajstić information content (AvgIpc) is 2.45. The van der Waals surface area contributed by atoms with E-state index in [0.29, 0.717) is 5.56 Å². The number of hydrogen-bond acceptors (Lipinski definition) is 4. The summed E-state index contributed by atoms with van der Waals surface area (Å²) in [7, 11) is -2.71. The van der Waals surface area contributed by atoms with Gasteiger partial charge in [0.2, 0.25) is 0 Å². The van der Waals surface area contributed by atoms with Crippen molar-refractivity contribution in [1.29, 1.82) is 5.26 Å². The molecule has 0 bridgehead atoms. The summed E-state index contributed by atoms with van der Waals surface area (Å²) in [5.41, 5.74) is 0.329. The molecule has 2 N–H and O–H groups in total. The van der Waals surface area contributed by atoms with Gasteiger partial charge in [-0.15, -0.1) is 0 Å². The van der Waals surface area contributed by atoms with Crippen molar-refractivity contribution in [2.24, 2.45) is 5.92 Å². The van der Waals surface area contributed by atoms with Gasteiger partial charge in [0.25, 0.3) is 10.2 Å². The maximum Gasteiger partial charge on any atom is 0.326 e. The highest BCUT2D eigenvalue weighted by molar-refractivity contribution is 7.87. The normalized spacial score (nSPS) is 14.4. The van der Waals surface area contributed by atoms with Gasteiger partial charge in [0.1, 0.15) is 6.04 Å². The molecule has 0 saturated heterocycles. The van der Waals surface area contributed by atoms with Gasteiger partial charge in [-0.3, -0.25) is 4.79 Å². The fourth-order valence-corrected chi connectivity index (χ4v) is 2.80. The average molecular weight is 311 g/mol. The number of benzene rings is 1. The summed E-state index contributed by atoms with van der Waals surface area (Å²) in [4.78, 5) is 11.3. The highest BCUT2D eigenvalue weighted by Crippen LogP contribution is 2.15. The lowest BCUT2D eigenvalue weighted by molar-refractivity contribution is -0.139. The standard InChI is InChI=1S/C13H17N3O4S/c1-10(8-14)9-16(2)21(19,20)15-12(13(17)18)11-6-4-3-5-7-11/h3-7,10,12,15H,9H2,1-2H3,(H,17,18)/t10?,12-/m0/s1. The molecular weight excluding hydrogens is 294 g/mol. The molecule has 0 amide bonds. The van der Waals surface area contributed by atoms with Crippen LogP contribution in [0.2, 0.25) is 0 Å². The van der Waals surface area contributed by atoms with Crippen LogP contribution in [-0.4, -0.2) is 37.4 Å². The summed E-state index contributed by atoms with van der Waals surface area (Å²) >= 11 is 0. The maximum atomic E-state index is 12.1. The smallest absolute Gasteiger partial charge is 0.326 e. The zero-order valence-corrected chi connectivity index (χ0v) is 12.5. The van der Waals surface area contributed by atoms with Crippen LogP contribution in [0.15, 0.2) is 30.3 Å². The molecule has 0 spiro atoms. The third-order valence-electron chi connectivity index (χ3n) is 2.81. The number of nitriles is 1. The van der Waals surface area contributed by atoms with Gasteiger partial charge in [-0.1, -0.05) is 30.3 Å². The molecule has 2 atom stereocenters. The van der Waals surface area contributed by atoms with Gasteiger partial charge in [-0.25, -0.2) is 0 Å². The van der Waals surface area contributed by atoms with E-state index in [0.717, 1.165) is 4.31 Å². The summed E-state index contributed by atoms with van der Waals surface area (Å²) < 4.78 is 27.3. The Morgan fingerprint density at radius 2 is 2.00 bits per heavy atom. The van der Waals surface area contributed by atoms with Crippen molar-refractivity contribution in [1.82, 2.24) is 9.03 Å². The Labute approximate surface area is 124 Å². The summed E-state index contributed by atoms with van der Waals surface area (Å²) in [6.45, 7) is 1.56. The lowest BCUT2D eigenvalue weighted by atomic mass is 10.1. The van der Waals surface area contributed by atoms with Crippen LogP contribution < -0.4 is 4.72 Å². The van der Waals surface area contributed by atoms with Crippen molar-refractivity contribution in [3.63, 3.8) is 0 Å². The molecule has 1 aromatic carbocycles. The van der Waals surface area contributed by atoms with Crippen molar-refractivity contribution >= 4 is 16.2 Å². The number of carboxylic acid groups (broad SMARTS) is 1. The molecule has 0 heterocycles. The number of aliphatic carboxylic acids is 1. The molecule has 0 saturated carbocycles. The second-order valence-electron chi connectivity index (χ2n) is 4.62. The largest absolute Gasteiger partial charge is 0.480 e. The van der Waals surface area contributed by atoms with E-state index >= 15 is 0 Å². The second-order valence-corrected chi connectivity index (χ2v) is 6.42. The fourth-order valence-electron chi connectivity index (χ4n) is 1.67. The Bertz CT molecular complexity index is 625. The molecule has 0 aliphatic rings. The minimum atomic E-state index is -4.01. The predicted octanol–water partition coefficient (Wildman–Crippen LogP) is 0.738. The fraction of sp³-hybridized carbons (Fsp3) is 0.385. The van der Waals surface area contributed by atoms with Crippen molar-refractivity contribution in [3.8, 4) is 6.07 Å². The highest BCUT2D eigenvalue weighted by Gasteiger charge is 2.28. The molecule has 1 aromatic rings. The Hall–Kier alpha value is -1.95. The highest BCUT2D eigenvalue weighted by atomic mass is 32.2. The van der Waals surface area contributed by atoms with Gasteiger partial charge in [-0.05, 0) is 12.5 Å². The van der Waals surface area contributed by atoms with E-state index in [1.165, 1.54) is 19.2 Å². The SMILES string of the molecule is CC(C#N)CN(C)S(=O)(=O)N[C@H](C(=O)O)c1ccccc1. The monoisotopic (exact) mass is 311 g/mol. The second kappa shape index (κ2) is 7.17. The summed E-state index contributed by atoms with van der Waals surface area (Å²) in [5.74, 6) is -1.79. The molecular formula is C13H17N3O4S. The summed E-state index contributed by atoms with van der Waals surface area (Å²) in [6, 6.07) is 8.56. The Kier molecular flexibility index (Phi) is 5.84. The first-order valence-corrected chi connectivity index (χ1v) is 7.63. The van der Waals surface area contributed by atoms with Gasteiger partial charge in [0.15, 0.2) is 0 Å². The van der Waals surface area contributed by atoms with Crippen molar-refractivity contribution in [2.45, 2.75) is 13.0 Å². The van der Waals surface area contributed by atoms with Crippen molar-refractivity contribution < 1.29 is 18.3 Å². The van der Waals surface area contributed by atoms with E-state index in [-0.39, 0.29) is 6.54 Å². The quantitative estimate of drug-likeness (QED) is 0.771. The first-order valence-electron chi connectivity index (χ1n) is 6.19. The van der Waals surface area contributed by atoms with Crippen LogP contribution in [0.5, 0.6) is 0 Å². The number of carbonyl (C=O) groups is 1. The van der Waals surface area contributed by atoms with Crippen LogP contribution in [0.25, 0.3) is 0 Å². The molecule has 0 aromatic heterocycles. The molecule has 8 heteroatoms. The Balaban J connectivity index is 2.94. The van der Waals surface area contributed by atoms with E-state index < -0.39 is 28.1 Å². The van der Waals surface area contributed by atoms with Crippen LogP contribution in [-0.2, 0) is 15.0 Å². The van der Waals surface area contributed by atoms with E-state index in [1.807, 2.05) is 6.07 Å². The third kappa shape index (κ3) is 4.82. The molecule has 0 radical (unpaired) electrons. The van der Waals surface area contributed by atoms with Gasteiger partial charge in [0.05, 0.1) is 12.0 Å². The number of carboxylic acids is 1. The zero-order chi connectivity index (χ0) is 16.0. The van der Waals surface area contributed by atoms with Gasteiger partial charge >= 0.3 is 5.97 Å². The van der Waals surface area contributed by atoms with Crippen LogP contribution in [0.1, 0.15) is 18.5 Å². The van der Waals surface area contributed by atoms with Crippen LogP contribution in [0, 0.1) is 17.2 Å². The van der Waals surface area contributed by atoms with Gasteiger partial charge in [0, 0.05) is 13.6 Å². The first-order chi connectivity index (χ1) is 9.77. The number of nitrogens with zero attached hydrogens (tertiary/aromatic N) is 2. The number of hydrogen-bond donors (Lipinski definition) is 2. The molecule has 114 valence electrons. The predicted molar refractivity (Wildman–Crippen MR) is 76.3 cm³/mol. The molecule has 0 fully saturated rings. The first kappa shape index (κ1) is 17.1. The minimum absolute atomic E-state index is 0.0209. The molecule has 0 aliphatic carbocycles. The van der Waals surface area contributed by atoms with Crippen LogP contribution in [0.3, 0.4) is 0 Å². The van der Waals surface area contributed by atoms with E-state index in [2.05, 4.69) is 4.72 Å². The number of rotatable bonds is 7. The topological polar surface area (TPSA) is 111 Å². The van der Waals surface area contributed by atoms with E-state index in [1.54, 1.807) is 25.1 Å². The molecule has 0 aliphatic heterocycles. The van der Waals surface area contributed by atoms with E-state index in [9.17, 15) is 18.3 Å². The molecule has 1 rings (SSSR count). The summed E-state index contributed by atoms with van der Waals surface area (Å²) in [5, 5.41) is 17.9. The molecule has 1 unspecified atom stereocenters. The maximum absolute atomic E-state index is 12.1.